The molecular weight excluding hydrogens is 433 g/mol. The number of piperazine rings is 1. The van der Waals surface area contributed by atoms with Gasteiger partial charge >= 0.3 is 0 Å². The Morgan fingerprint density at radius 2 is 1.77 bits per heavy atom. The third kappa shape index (κ3) is 3.96. The third-order valence-corrected chi connectivity index (χ3v) is 7.22. The van der Waals surface area contributed by atoms with Gasteiger partial charge in [-0.05, 0) is 24.3 Å². The van der Waals surface area contributed by atoms with Crippen molar-refractivity contribution >= 4 is 27.5 Å². The predicted molar refractivity (Wildman–Crippen MR) is 108 cm³/mol. The van der Waals surface area contributed by atoms with Crippen LogP contribution in [0.4, 0.5) is 4.39 Å². The standard InChI is InChI=1S/C20H17ClFN3O4S/c21-16-6-1-2-7-19(16)30(27,28)25-10-8-24(9-11-25)20(26)18-13-17(23-29-18)14-4-3-5-15(22)12-14/h1-7,12-13H,8-11H2. The van der Waals surface area contributed by atoms with Gasteiger partial charge in [0.15, 0.2) is 0 Å². The number of hydrogen-bond donors (Lipinski definition) is 0. The second kappa shape index (κ2) is 8.17. The Balaban J connectivity index is 1.45. The van der Waals surface area contributed by atoms with Crippen molar-refractivity contribution in [3.63, 3.8) is 0 Å². The van der Waals surface area contributed by atoms with E-state index in [1.54, 1.807) is 24.3 Å². The largest absolute Gasteiger partial charge is 0.350 e. The summed E-state index contributed by atoms with van der Waals surface area (Å²) in [6.07, 6.45) is 0. The van der Waals surface area contributed by atoms with Crippen molar-refractivity contribution in [1.29, 1.82) is 0 Å². The molecule has 0 radical (unpaired) electrons. The lowest BCUT2D eigenvalue weighted by Crippen LogP contribution is -2.50. The lowest BCUT2D eigenvalue weighted by Gasteiger charge is -2.33. The van der Waals surface area contributed by atoms with Crippen LogP contribution in [0.1, 0.15) is 10.6 Å². The molecule has 30 heavy (non-hydrogen) atoms. The Labute approximate surface area is 177 Å². The minimum Gasteiger partial charge on any atom is -0.350 e. The molecule has 1 saturated heterocycles. The number of rotatable bonds is 4. The van der Waals surface area contributed by atoms with E-state index in [0.717, 1.165) is 0 Å². The highest BCUT2D eigenvalue weighted by atomic mass is 35.5. The summed E-state index contributed by atoms with van der Waals surface area (Å²) in [4.78, 5) is 14.3. The lowest BCUT2D eigenvalue weighted by atomic mass is 10.1. The molecule has 4 rings (SSSR count). The number of benzene rings is 2. The van der Waals surface area contributed by atoms with Gasteiger partial charge in [-0.25, -0.2) is 12.8 Å². The van der Waals surface area contributed by atoms with Gasteiger partial charge in [0, 0.05) is 37.8 Å². The van der Waals surface area contributed by atoms with Crippen molar-refractivity contribution in [2.45, 2.75) is 4.90 Å². The maximum absolute atomic E-state index is 13.4. The van der Waals surface area contributed by atoms with Crippen LogP contribution in [0.15, 0.2) is 64.0 Å². The Morgan fingerprint density at radius 1 is 1.03 bits per heavy atom. The summed E-state index contributed by atoms with van der Waals surface area (Å²) in [7, 11) is -3.75. The highest BCUT2D eigenvalue weighted by molar-refractivity contribution is 7.89. The van der Waals surface area contributed by atoms with Crippen LogP contribution in [0.3, 0.4) is 0 Å². The molecule has 2 aromatic carbocycles. The molecule has 0 N–H and O–H groups in total. The maximum atomic E-state index is 13.4. The van der Waals surface area contributed by atoms with E-state index < -0.39 is 21.7 Å². The second-order valence-electron chi connectivity index (χ2n) is 6.71. The molecule has 1 aliphatic rings. The number of hydrogen-bond acceptors (Lipinski definition) is 5. The van der Waals surface area contributed by atoms with Gasteiger partial charge in [-0.15, -0.1) is 0 Å². The molecule has 0 unspecified atom stereocenters. The van der Waals surface area contributed by atoms with Gasteiger partial charge in [0.25, 0.3) is 5.91 Å². The summed E-state index contributed by atoms with van der Waals surface area (Å²) in [5.41, 5.74) is 0.839. The van der Waals surface area contributed by atoms with Crippen LogP contribution < -0.4 is 0 Å². The smallest absolute Gasteiger partial charge is 0.292 e. The van der Waals surface area contributed by atoms with Gasteiger partial charge in [-0.3, -0.25) is 4.79 Å². The first-order valence-corrected chi connectivity index (χ1v) is 10.9. The molecule has 7 nitrogen and oxygen atoms in total. The summed E-state index contributed by atoms with van der Waals surface area (Å²) in [6, 6.07) is 13.5. The van der Waals surface area contributed by atoms with Crippen LogP contribution in [0.5, 0.6) is 0 Å². The van der Waals surface area contributed by atoms with E-state index in [1.807, 2.05) is 0 Å². The predicted octanol–water partition coefficient (Wildman–Crippen LogP) is 3.28. The van der Waals surface area contributed by atoms with Crippen LogP contribution in [-0.4, -0.2) is 54.9 Å². The van der Waals surface area contributed by atoms with Crippen LogP contribution in [0.25, 0.3) is 11.3 Å². The SMILES string of the molecule is O=C(c1cc(-c2cccc(F)c2)no1)N1CCN(S(=O)(=O)c2ccccc2Cl)CC1. The van der Waals surface area contributed by atoms with E-state index in [9.17, 15) is 17.6 Å². The highest BCUT2D eigenvalue weighted by Crippen LogP contribution is 2.26. The quantitative estimate of drug-likeness (QED) is 0.610. The summed E-state index contributed by atoms with van der Waals surface area (Å²) < 4.78 is 45.5. The number of carbonyl (C=O) groups is 1. The van der Waals surface area contributed by atoms with Gasteiger partial charge in [0.1, 0.15) is 16.4 Å². The highest BCUT2D eigenvalue weighted by Gasteiger charge is 2.32. The fourth-order valence-electron chi connectivity index (χ4n) is 3.24. The number of halogens is 2. The first-order valence-electron chi connectivity index (χ1n) is 9.13. The molecule has 1 amide bonds. The first-order chi connectivity index (χ1) is 14.4. The van der Waals surface area contributed by atoms with Crippen molar-refractivity contribution in [2.75, 3.05) is 26.2 Å². The van der Waals surface area contributed by atoms with E-state index in [4.69, 9.17) is 16.1 Å². The molecule has 0 aliphatic carbocycles. The van der Waals surface area contributed by atoms with Crippen LogP contribution in [0, 0.1) is 5.82 Å². The van der Waals surface area contributed by atoms with Crippen molar-refractivity contribution in [2.24, 2.45) is 0 Å². The van der Waals surface area contributed by atoms with Crippen molar-refractivity contribution in [3.8, 4) is 11.3 Å². The second-order valence-corrected chi connectivity index (χ2v) is 9.03. The van der Waals surface area contributed by atoms with Crippen molar-refractivity contribution in [1.82, 2.24) is 14.4 Å². The summed E-state index contributed by atoms with van der Waals surface area (Å²) in [5.74, 6) is -0.809. The molecule has 2 heterocycles. The number of aromatic nitrogens is 1. The Morgan fingerprint density at radius 3 is 2.47 bits per heavy atom. The number of nitrogens with zero attached hydrogens (tertiary/aromatic N) is 3. The van der Waals surface area contributed by atoms with E-state index in [0.29, 0.717) is 11.3 Å². The van der Waals surface area contributed by atoms with E-state index in [2.05, 4.69) is 5.16 Å². The monoisotopic (exact) mass is 449 g/mol. The molecule has 3 aromatic rings. The average molecular weight is 450 g/mol. The molecule has 10 heteroatoms. The van der Waals surface area contributed by atoms with Crippen molar-refractivity contribution < 1.29 is 22.1 Å². The molecule has 0 atom stereocenters. The Bertz CT molecular complexity index is 1190. The fraction of sp³-hybridized carbons (Fsp3) is 0.200. The van der Waals surface area contributed by atoms with Crippen LogP contribution >= 0.6 is 11.6 Å². The maximum Gasteiger partial charge on any atom is 0.292 e. The number of carbonyl (C=O) groups excluding carboxylic acids is 1. The molecular formula is C20H17ClFN3O4S. The topological polar surface area (TPSA) is 83.7 Å². The van der Waals surface area contributed by atoms with Crippen molar-refractivity contribution in [3.05, 3.63) is 71.2 Å². The number of amides is 1. The van der Waals surface area contributed by atoms with E-state index in [-0.39, 0.29) is 41.9 Å². The van der Waals surface area contributed by atoms with Gasteiger partial charge in [-0.2, -0.15) is 4.31 Å². The Hall–Kier alpha value is -2.75. The van der Waals surface area contributed by atoms with Gasteiger partial charge < -0.3 is 9.42 Å². The third-order valence-electron chi connectivity index (χ3n) is 4.82. The normalized spacial score (nSPS) is 15.3. The van der Waals surface area contributed by atoms with Crippen LogP contribution in [-0.2, 0) is 10.0 Å². The zero-order valence-electron chi connectivity index (χ0n) is 15.7. The molecule has 1 fully saturated rings. The summed E-state index contributed by atoms with van der Waals surface area (Å²) >= 11 is 6.04. The van der Waals surface area contributed by atoms with E-state index in [1.165, 1.54) is 39.5 Å². The fourth-order valence-corrected chi connectivity index (χ4v) is 5.16. The molecule has 1 aliphatic heterocycles. The zero-order valence-corrected chi connectivity index (χ0v) is 17.2. The summed E-state index contributed by atoms with van der Waals surface area (Å²) in [5, 5.41) is 3.99. The lowest BCUT2D eigenvalue weighted by molar-refractivity contribution is 0.0656. The molecule has 0 bridgehead atoms. The van der Waals surface area contributed by atoms with Crippen LogP contribution in [0.2, 0.25) is 5.02 Å². The average Bonchev–Trinajstić information content (AvgIpc) is 3.24. The molecule has 0 spiro atoms. The molecule has 156 valence electrons. The van der Waals surface area contributed by atoms with Gasteiger partial charge in [0.05, 0.1) is 5.02 Å². The van der Waals surface area contributed by atoms with Gasteiger partial charge in [-0.1, -0.05) is 41.0 Å². The first kappa shape index (κ1) is 20.5. The minimum absolute atomic E-state index is 0.0108. The minimum atomic E-state index is -3.75. The molecule has 1 aromatic heterocycles. The number of sulfonamides is 1. The molecule has 0 saturated carbocycles. The van der Waals surface area contributed by atoms with E-state index >= 15 is 0 Å². The van der Waals surface area contributed by atoms with Gasteiger partial charge in [0.2, 0.25) is 15.8 Å². The zero-order chi connectivity index (χ0) is 21.3. The summed E-state index contributed by atoms with van der Waals surface area (Å²) in [6.45, 7) is 0.644. The Kier molecular flexibility index (Phi) is 5.59.